The van der Waals surface area contributed by atoms with Gasteiger partial charge in [0, 0.05) is 0 Å². The van der Waals surface area contributed by atoms with Gasteiger partial charge >= 0.3 is 0 Å². The fourth-order valence-corrected chi connectivity index (χ4v) is 1.30. The van der Waals surface area contributed by atoms with E-state index in [2.05, 4.69) is 0 Å². The smallest absolute Gasteiger partial charge is 0.185 e. The Morgan fingerprint density at radius 3 is 2.80 bits per heavy atom. The number of hydrogen-bond donors (Lipinski definition) is 1. The summed E-state index contributed by atoms with van der Waals surface area (Å²) in [5.41, 5.74) is -0.0317. The van der Waals surface area contributed by atoms with E-state index in [1.807, 2.05) is 0 Å². The van der Waals surface area contributed by atoms with Crippen LogP contribution in [0.1, 0.15) is 15.9 Å². The van der Waals surface area contributed by atoms with Gasteiger partial charge in [-0.05, 0) is 12.1 Å². The summed E-state index contributed by atoms with van der Waals surface area (Å²) >= 11 is 5.38. The number of nitrogens with zero attached hydrogens (tertiary/aromatic N) is 1. The van der Waals surface area contributed by atoms with Crippen LogP contribution in [-0.4, -0.2) is 23.9 Å². The molecule has 0 bridgehead atoms. The molecule has 0 heterocycles. The van der Waals surface area contributed by atoms with Gasteiger partial charge < -0.3 is 9.84 Å². The molecular weight excluding hydrogens is 218 g/mol. The molecule has 0 amide bonds. The molecule has 0 radical (unpaired) electrons. The predicted molar refractivity (Wildman–Crippen MR) is 54.4 cm³/mol. The van der Waals surface area contributed by atoms with Gasteiger partial charge in [0.15, 0.2) is 5.78 Å². The second kappa shape index (κ2) is 4.67. The molecule has 1 N–H and O–H groups in total. The van der Waals surface area contributed by atoms with Crippen LogP contribution in [0.15, 0.2) is 12.1 Å². The van der Waals surface area contributed by atoms with Gasteiger partial charge in [0.2, 0.25) is 0 Å². The van der Waals surface area contributed by atoms with Crippen molar-refractivity contribution in [3.8, 4) is 17.6 Å². The number of benzene rings is 1. The summed E-state index contributed by atoms with van der Waals surface area (Å²) in [6.45, 7) is 0. The van der Waals surface area contributed by atoms with E-state index in [4.69, 9.17) is 21.6 Å². The van der Waals surface area contributed by atoms with Crippen LogP contribution in [0.25, 0.3) is 0 Å². The lowest BCUT2D eigenvalue weighted by Crippen LogP contribution is -2.04. The number of carbonyl (C=O) groups excluding carboxylic acids is 1. The highest BCUT2D eigenvalue weighted by molar-refractivity contribution is 6.31. The van der Waals surface area contributed by atoms with Crippen LogP contribution in [-0.2, 0) is 0 Å². The number of halogens is 1. The van der Waals surface area contributed by atoms with Crippen molar-refractivity contribution in [3.05, 3.63) is 23.3 Å². The standard InChI is InChI=1S/C10H8ClNO3/c1-15-8-3-2-6(5-12)10(14)9(8)7(13)4-11/h2-3,14H,4H2,1H3. The summed E-state index contributed by atoms with van der Waals surface area (Å²) in [6.07, 6.45) is 0. The van der Waals surface area contributed by atoms with E-state index >= 15 is 0 Å². The number of nitriles is 1. The van der Waals surface area contributed by atoms with Crippen LogP contribution in [0.4, 0.5) is 0 Å². The summed E-state index contributed by atoms with van der Waals surface area (Å²) in [6, 6.07) is 4.58. The number of phenols is 1. The fourth-order valence-electron chi connectivity index (χ4n) is 1.17. The van der Waals surface area contributed by atoms with E-state index in [0.717, 1.165) is 0 Å². The highest BCUT2D eigenvalue weighted by Gasteiger charge is 2.19. The molecule has 0 unspecified atom stereocenters. The van der Waals surface area contributed by atoms with Crippen LogP contribution >= 0.6 is 11.6 Å². The molecule has 78 valence electrons. The molecule has 0 spiro atoms. The van der Waals surface area contributed by atoms with E-state index in [1.165, 1.54) is 19.2 Å². The first kappa shape index (κ1) is 11.3. The van der Waals surface area contributed by atoms with E-state index in [9.17, 15) is 9.90 Å². The van der Waals surface area contributed by atoms with E-state index < -0.39 is 5.78 Å². The molecule has 1 aromatic rings. The molecule has 15 heavy (non-hydrogen) atoms. The summed E-state index contributed by atoms with van der Waals surface area (Å²) in [4.78, 5) is 11.4. The summed E-state index contributed by atoms with van der Waals surface area (Å²) in [5, 5.41) is 18.3. The maximum Gasteiger partial charge on any atom is 0.185 e. The average Bonchev–Trinajstić information content (AvgIpc) is 2.27. The third kappa shape index (κ3) is 2.03. The van der Waals surface area contributed by atoms with Gasteiger partial charge in [0.25, 0.3) is 0 Å². The summed E-state index contributed by atoms with van der Waals surface area (Å²) < 4.78 is 4.90. The zero-order valence-corrected chi connectivity index (χ0v) is 8.71. The Balaban J connectivity index is 3.44. The molecule has 1 rings (SSSR count). The number of alkyl halides is 1. The molecule has 0 aliphatic heterocycles. The third-order valence-corrected chi connectivity index (χ3v) is 2.12. The van der Waals surface area contributed by atoms with Crippen molar-refractivity contribution in [2.75, 3.05) is 13.0 Å². The topological polar surface area (TPSA) is 70.3 Å². The Hall–Kier alpha value is -1.73. The van der Waals surface area contributed by atoms with E-state index in [-0.39, 0.29) is 28.5 Å². The van der Waals surface area contributed by atoms with E-state index in [0.29, 0.717) is 0 Å². The van der Waals surface area contributed by atoms with Crippen molar-refractivity contribution in [1.29, 1.82) is 5.26 Å². The molecule has 0 atom stereocenters. The zero-order valence-electron chi connectivity index (χ0n) is 7.95. The third-order valence-electron chi connectivity index (χ3n) is 1.88. The minimum atomic E-state index is -0.483. The molecule has 0 fully saturated rings. The van der Waals surface area contributed by atoms with Gasteiger partial charge in [-0.15, -0.1) is 11.6 Å². The number of aromatic hydroxyl groups is 1. The Labute approximate surface area is 91.7 Å². The Morgan fingerprint density at radius 1 is 1.67 bits per heavy atom. The maximum absolute atomic E-state index is 11.4. The fraction of sp³-hybridized carbons (Fsp3) is 0.200. The van der Waals surface area contributed by atoms with Crippen molar-refractivity contribution in [2.45, 2.75) is 0 Å². The van der Waals surface area contributed by atoms with Gasteiger partial charge in [-0.3, -0.25) is 4.79 Å². The molecule has 5 heteroatoms. The maximum atomic E-state index is 11.4. The molecule has 1 aromatic carbocycles. The van der Waals surface area contributed by atoms with Crippen molar-refractivity contribution in [3.63, 3.8) is 0 Å². The molecule has 4 nitrogen and oxygen atoms in total. The van der Waals surface area contributed by atoms with Crippen LogP contribution in [0.3, 0.4) is 0 Å². The number of rotatable bonds is 3. The second-order valence-corrected chi connectivity index (χ2v) is 2.97. The highest BCUT2D eigenvalue weighted by atomic mass is 35.5. The molecule has 0 aliphatic carbocycles. The highest BCUT2D eigenvalue weighted by Crippen LogP contribution is 2.31. The quantitative estimate of drug-likeness (QED) is 0.628. The number of methoxy groups -OCH3 is 1. The lowest BCUT2D eigenvalue weighted by Gasteiger charge is -2.08. The van der Waals surface area contributed by atoms with Crippen LogP contribution in [0.2, 0.25) is 0 Å². The Morgan fingerprint density at radius 2 is 2.33 bits per heavy atom. The lowest BCUT2D eigenvalue weighted by atomic mass is 10.1. The van der Waals surface area contributed by atoms with Gasteiger partial charge in [-0.1, -0.05) is 0 Å². The number of phenolic OH excluding ortho intramolecular Hbond substituents is 1. The van der Waals surface area contributed by atoms with Crippen molar-refractivity contribution < 1.29 is 14.6 Å². The first-order valence-electron chi connectivity index (χ1n) is 4.05. The molecule has 0 aliphatic rings. The Bertz CT molecular complexity index is 437. The average molecular weight is 226 g/mol. The minimum absolute atomic E-state index is 0.0178. The number of carbonyl (C=O) groups is 1. The number of ketones is 1. The van der Waals surface area contributed by atoms with E-state index in [1.54, 1.807) is 6.07 Å². The zero-order chi connectivity index (χ0) is 11.4. The van der Waals surface area contributed by atoms with Crippen molar-refractivity contribution >= 4 is 17.4 Å². The van der Waals surface area contributed by atoms with Gasteiger partial charge in [-0.25, -0.2) is 0 Å². The van der Waals surface area contributed by atoms with Crippen LogP contribution in [0, 0.1) is 11.3 Å². The predicted octanol–water partition coefficient (Wildman–Crippen LogP) is 1.69. The molecule has 0 saturated heterocycles. The monoisotopic (exact) mass is 225 g/mol. The first-order valence-corrected chi connectivity index (χ1v) is 4.58. The normalized spacial score (nSPS) is 9.40. The molecule has 0 aromatic heterocycles. The van der Waals surface area contributed by atoms with Crippen molar-refractivity contribution in [1.82, 2.24) is 0 Å². The van der Waals surface area contributed by atoms with Gasteiger partial charge in [0.1, 0.15) is 23.1 Å². The van der Waals surface area contributed by atoms with Gasteiger partial charge in [-0.2, -0.15) is 5.26 Å². The summed E-state index contributed by atoms with van der Waals surface area (Å²) in [5.74, 6) is -0.943. The molecular formula is C10H8ClNO3. The largest absolute Gasteiger partial charge is 0.506 e. The number of ether oxygens (including phenoxy) is 1. The molecule has 0 saturated carbocycles. The lowest BCUT2D eigenvalue weighted by molar-refractivity contribution is 0.101. The van der Waals surface area contributed by atoms with Crippen molar-refractivity contribution in [2.24, 2.45) is 0 Å². The first-order chi connectivity index (χ1) is 7.15. The number of hydrogen-bond acceptors (Lipinski definition) is 4. The number of Topliss-reactive ketones (excluding diaryl/α,β-unsaturated/α-hetero) is 1. The SMILES string of the molecule is COc1ccc(C#N)c(O)c1C(=O)CCl. The van der Waals surface area contributed by atoms with Gasteiger partial charge in [0.05, 0.1) is 18.6 Å². The second-order valence-electron chi connectivity index (χ2n) is 2.71. The summed E-state index contributed by atoms with van der Waals surface area (Å²) in [7, 11) is 1.37. The van der Waals surface area contributed by atoms with Crippen LogP contribution in [0.5, 0.6) is 11.5 Å². The minimum Gasteiger partial charge on any atom is -0.506 e. The van der Waals surface area contributed by atoms with Crippen LogP contribution < -0.4 is 4.74 Å². The Kier molecular flexibility index (Phi) is 3.53.